The Labute approximate surface area is 81.6 Å². The van der Waals surface area contributed by atoms with Crippen molar-refractivity contribution in [3.8, 4) is 5.75 Å². The van der Waals surface area contributed by atoms with Gasteiger partial charge in [-0.25, -0.2) is 10.2 Å². The monoisotopic (exact) mass is 193 g/mol. The summed E-state index contributed by atoms with van der Waals surface area (Å²) in [6, 6.07) is 8.60. The second-order valence-corrected chi connectivity index (χ2v) is 2.41. The maximum atomic E-state index is 10.2. The van der Waals surface area contributed by atoms with E-state index in [1.807, 2.05) is 30.3 Å². The molecule has 5 nitrogen and oxygen atoms in total. The quantitative estimate of drug-likeness (QED) is 0.546. The molecule has 0 aliphatic rings. The largest absolute Gasteiger partial charge is 0.488 e. The van der Waals surface area contributed by atoms with Crippen molar-refractivity contribution in [2.24, 2.45) is 10.8 Å². The SMILES string of the molecule is NC(=O)N/N=C\COc1ccccc1. The van der Waals surface area contributed by atoms with Crippen molar-refractivity contribution in [3.05, 3.63) is 30.3 Å². The lowest BCUT2D eigenvalue weighted by Crippen LogP contribution is -2.24. The van der Waals surface area contributed by atoms with Gasteiger partial charge in [0.15, 0.2) is 0 Å². The zero-order valence-electron chi connectivity index (χ0n) is 7.51. The molecule has 1 aromatic rings. The minimum atomic E-state index is -0.694. The van der Waals surface area contributed by atoms with Crippen LogP contribution in [0.5, 0.6) is 5.75 Å². The number of carbonyl (C=O) groups excluding carboxylic acids is 1. The zero-order valence-corrected chi connectivity index (χ0v) is 7.51. The number of ether oxygens (including phenoxy) is 1. The van der Waals surface area contributed by atoms with Gasteiger partial charge in [0.25, 0.3) is 0 Å². The van der Waals surface area contributed by atoms with E-state index in [9.17, 15) is 4.79 Å². The van der Waals surface area contributed by atoms with E-state index in [1.165, 1.54) is 6.21 Å². The van der Waals surface area contributed by atoms with E-state index in [0.29, 0.717) is 0 Å². The summed E-state index contributed by atoms with van der Waals surface area (Å²) in [5, 5.41) is 3.51. The van der Waals surface area contributed by atoms with Gasteiger partial charge in [0, 0.05) is 0 Å². The Balaban J connectivity index is 2.22. The van der Waals surface area contributed by atoms with Crippen LogP contribution in [0.3, 0.4) is 0 Å². The molecule has 0 saturated carbocycles. The van der Waals surface area contributed by atoms with E-state index in [4.69, 9.17) is 10.5 Å². The molecular formula is C9H11N3O2. The number of amides is 2. The molecule has 2 amide bonds. The van der Waals surface area contributed by atoms with Crippen LogP contribution in [-0.2, 0) is 0 Å². The highest BCUT2D eigenvalue weighted by Gasteiger charge is 1.88. The van der Waals surface area contributed by atoms with Gasteiger partial charge in [-0.2, -0.15) is 5.10 Å². The molecule has 1 rings (SSSR count). The van der Waals surface area contributed by atoms with Gasteiger partial charge in [-0.15, -0.1) is 0 Å². The van der Waals surface area contributed by atoms with Crippen LogP contribution in [0.1, 0.15) is 0 Å². The van der Waals surface area contributed by atoms with Gasteiger partial charge < -0.3 is 10.5 Å². The molecule has 0 unspecified atom stereocenters. The second kappa shape index (κ2) is 5.58. The van der Waals surface area contributed by atoms with E-state index < -0.39 is 6.03 Å². The maximum Gasteiger partial charge on any atom is 0.332 e. The third-order valence-electron chi connectivity index (χ3n) is 1.33. The van der Waals surface area contributed by atoms with Gasteiger partial charge in [-0.1, -0.05) is 18.2 Å². The topological polar surface area (TPSA) is 76.7 Å². The number of hydrogen-bond donors (Lipinski definition) is 2. The molecule has 0 aliphatic carbocycles. The Morgan fingerprint density at radius 1 is 1.50 bits per heavy atom. The van der Waals surface area contributed by atoms with E-state index >= 15 is 0 Å². The molecule has 0 bridgehead atoms. The molecule has 0 aliphatic heterocycles. The van der Waals surface area contributed by atoms with Gasteiger partial charge in [-0.05, 0) is 12.1 Å². The summed E-state index contributed by atoms with van der Waals surface area (Å²) in [5.74, 6) is 0.748. The summed E-state index contributed by atoms with van der Waals surface area (Å²) < 4.78 is 5.25. The average molecular weight is 193 g/mol. The molecule has 0 spiro atoms. The molecular weight excluding hydrogens is 182 g/mol. The number of urea groups is 1. The maximum absolute atomic E-state index is 10.2. The normalized spacial score (nSPS) is 10.0. The highest BCUT2D eigenvalue weighted by atomic mass is 16.5. The third kappa shape index (κ3) is 4.10. The summed E-state index contributed by atoms with van der Waals surface area (Å²) in [6.45, 7) is 0.282. The van der Waals surface area contributed by atoms with Crippen molar-refractivity contribution in [3.63, 3.8) is 0 Å². The summed E-state index contributed by atoms with van der Waals surface area (Å²) in [5.41, 5.74) is 6.84. The predicted octanol–water partition coefficient (Wildman–Crippen LogP) is 0.719. The molecule has 0 radical (unpaired) electrons. The van der Waals surface area contributed by atoms with Crippen LogP contribution in [0.2, 0.25) is 0 Å². The van der Waals surface area contributed by atoms with Crippen LogP contribution in [0, 0.1) is 0 Å². The van der Waals surface area contributed by atoms with Gasteiger partial charge in [0.1, 0.15) is 12.4 Å². The van der Waals surface area contributed by atoms with Crippen molar-refractivity contribution in [2.75, 3.05) is 6.61 Å². The number of nitrogens with two attached hydrogens (primary N) is 1. The van der Waals surface area contributed by atoms with Crippen LogP contribution in [0.25, 0.3) is 0 Å². The Morgan fingerprint density at radius 3 is 2.86 bits per heavy atom. The standard InChI is InChI=1S/C9H11N3O2/c10-9(13)12-11-6-7-14-8-4-2-1-3-5-8/h1-6H,7H2,(H3,10,12,13)/b11-6-. The minimum absolute atomic E-state index is 0.282. The molecule has 1 aromatic carbocycles. The Morgan fingerprint density at radius 2 is 2.21 bits per heavy atom. The van der Waals surface area contributed by atoms with Crippen molar-refractivity contribution >= 4 is 12.2 Å². The smallest absolute Gasteiger partial charge is 0.332 e. The first kappa shape index (κ1) is 10.0. The number of nitrogens with one attached hydrogen (secondary N) is 1. The van der Waals surface area contributed by atoms with Gasteiger partial charge in [0.05, 0.1) is 6.21 Å². The third-order valence-corrected chi connectivity index (χ3v) is 1.33. The lowest BCUT2D eigenvalue weighted by molar-refractivity contribution is 0.249. The number of primary amides is 1. The van der Waals surface area contributed by atoms with Gasteiger partial charge >= 0.3 is 6.03 Å². The van der Waals surface area contributed by atoms with E-state index in [2.05, 4.69) is 10.5 Å². The molecule has 0 saturated heterocycles. The molecule has 0 fully saturated rings. The van der Waals surface area contributed by atoms with Crippen LogP contribution in [-0.4, -0.2) is 18.9 Å². The predicted molar refractivity (Wildman–Crippen MR) is 53.1 cm³/mol. The van der Waals surface area contributed by atoms with Crippen LogP contribution >= 0.6 is 0 Å². The zero-order chi connectivity index (χ0) is 10.2. The van der Waals surface area contributed by atoms with Crippen LogP contribution in [0.15, 0.2) is 35.4 Å². The molecule has 0 heterocycles. The van der Waals surface area contributed by atoms with E-state index in [0.717, 1.165) is 5.75 Å². The summed E-state index contributed by atoms with van der Waals surface area (Å²) in [6.07, 6.45) is 1.41. The van der Waals surface area contributed by atoms with E-state index in [-0.39, 0.29) is 6.61 Å². The highest BCUT2D eigenvalue weighted by molar-refractivity contribution is 5.72. The fourth-order valence-electron chi connectivity index (χ4n) is 0.797. The number of para-hydroxylation sites is 1. The van der Waals surface area contributed by atoms with Gasteiger partial charge in [0.2, 0.25) is 0 Å². The lowest BCUT2D eigenvalue weighted by atomic mass is 10.3. The number of hydrazone groups is 1. The van der Waals surface area contributed by atoms with Crippen molar-refractivity contribution in [1.82, 2.24) is 5.43 Å². The first-order valence-corrected chi connectivity index (χ1v) is 4.04. The molecule has 5 heteroatoms. The van der Waals surface area contributed by atoms with Crippen LogP contribution < -0.4 is 15.9 Å². The van der Waals surface area contributed by atoms with Gasteiger partial charge in [-0.3, -0.25) is 0 Å². The van der Waals surface area contributed by atoms with E-state index in [1.54, 1.807) is 0 Å². The number of rotatable bonds is 4. The molecule has 3 N–H and O–H groups in total. The minimum Gasteiger partial charge on any atom is -0.488 e. The number of carbonyl (C=O) groups is 1. The van der Waals surface area contributed by atoms with Crippen LogP contribution in [0.4, 0.5) is 4.79 Å². The molecule has 0 aromatic heterocycles. The summed E-state index contributed by atoms with van der Waals surface area (Å²) in [4.78, 5) is 10.2. The molecule has 0 atom stereocenters. The number of benzene rings is 1. The second-order valence-electron chi connectivity index (χ2n) is 2.41. The Bertz CT molecular complexity index is 311. The van der Waals surface area contributed by atoms with Crippen molar-refractivity contribution in [1.29, 1.82) is 0 Å². The average Bonchev–Trinajstić information content (AvgIpc) is 2.18. The highest BCUT2D eigenvalue weighted by Crippen LogP contribution is 2.06. The van der Waals surface area contributed by atoms with Crippen molar-refractivity contribution in [2.45, 2.75) is 0 Å². The Hall–Kier alpha value is -2.04. The first-order valence-electron chi connectivity index (χ1n) is 4.04. The fraction of sp³-hybridized carbons (Fsp3) is 0.111. The Kier molecular flexibility index (Phi) is 4.00. The molecule has 14 heavy (non-hydrogen) atoms. The first-order chi connectivity index (χ1) is 6.79. The van der Waals surface area contributed by atoms with Crippen molar-refractivity contribution < 1.29 is 9.53 Å². The lowest BCUT2D eigenvalue weighted by Gasteiger charge is -2.00. The fourth-order valence-corrected chi connectivity index (χ4v) is 0.797. The number of nitrogens with zero attached hydrogens (tertiary/aromatic N) is 1. The molecule has 74 valence electrons. The summed E-state index contributed by atoms with van der Waals surface area (Å²) >= 11 is 0. The number of hydrogen-bond acceptors (Lipinski definition) is 3. The summed E-state index contributed by atoms with van der Waals surface area (Å²) in [7, 11) is 0.